The first kappa shape index (κ1) is 11.2. The van der Waals surface area contributed by atoms with Crippen molar-refractivity contribution in [3.05, 3.63) is 12.7 Å². The van der Waals surface area contributed by atoms with Gasteiger partial charge in [-0.3, -0.25) is 4.79 Å². The number of sulfone groups is 1. The molecule has 6 heteroatoms. The Labute approximate surface area is 83.5 Å². The fraction of sp³-hybridized carbons (Fsp3) is 0.625. The summed E-state index contributed by atoms with van der Waals surface area (Å²) in [6, 6.07) is -0.196. The molecule has 0 spiro atoms. The highest BCUT2D eigenvalue weighted by molar-refractivity contribution is 7.92. The predicted molar refractivity (Wildman–Crippen MR) is 53.7 cm³/mol. The molecule has 1 rings (SSSR count). The third-order valence-corrected chi connectivity index (χ3v) is 3.67. The Bertz CT molecular complexity index is 311. The Morgan fingerprint density at radius 2 is 2.14 bits per heavy atom. The summed E-state index contributed by atoms with van der Waals surface area (Å²) in [5, 5.41) is 5.45. The molecule has 0 aliphatic carbocycles. The minimum absolute atomic E-state index is 0.0696. The molecule has 0 aromatic heterocycles. The van der Waals surface area contributed by atoms with E-state index in [0.717, 1.165) is 0 Å². The van der Waals surface area contributed by atoms with Crippen LogP contribution < -0.4 is 10.6 Å². The molecule has 1 heterocycles. The van der Waals surface area contributed by atoms with Gasteiger partial charge in [0.05, 0.1) is 24.1 Å². The number of hydrogen-bond donors (Lipinski definition) is 2. The summed E-state index contributed by atoms with van der Waals surface area (Å²) < 4.78 is 21.5. The highest BCUT2D eigenvalue weighted by atomic mass is 32.2. The zero-order valence-electron chi connectivity index (χ0n) is 7.82. The normalized spacial score (nSPS) is 19.7. The summed E-state index contributed by atoms with van der Waals surface area (Å²) in [5.74, 6) is -0.0350. The van der Waals surface area contributed by atoms with Crippen LogP contribution in [0.5, 0.6) is 0 Å². The maximum atomic E-state index is 11.1. The molecular weight excluding hydrogens is 204 g/mol. The molecule has 1 fully saturated rings. The van der Waals surface area contributed by atoms with E-state index in [0.29, 0.717) is 6.54 Å². The molecule has 1 amide bonds. The molecule has 0 atom stereocenters. The van der Waals surface area contributed by atoms with Crippen molar-refractivity contribution in [1.82, 2.24) is 10.6 Å². The summed E-state index contributed by atoms with van der Waals surface area (Å²) >= 11 is 0. The highest BCUT2D eigenvalue weighted by Crippen LogP contribution is 2.09. The van der Waals surface area contributed by atoms with Gasteiger partial charge in [-0.1, -0.05) is 6.08 Å². The summed E-state index contributed by atoms with van der Waals surface area (Å²) in [7, 11) is -2.85. The van der Waals surface area contributed by atoms with Crippen molar-refractivity contribution in [1.29, 1.82) is 0 Å². The van der Waals surface area contributed by atoms with E-state index in [9.17, 15) is 13.2 Å². The van der Waals surface area contributed by atoms with Crippen molar-refractivity contribution in [3.8, 4) is 0 Å². The van der Waals surface area contributed by atoms with Crippen molar-refractivity contribution in [3.63, 3.8) is 0 Å². The van der Waals surface area contributed by atoms with Gasteiger partial charge < -0.3 is 10.6 Å². The maximum Gasteiger partial charge on any atom is 0.234 e. The van der Waals surface area contributed by atoms with Crippen LogP contribution in [0.2, 0.25) is 0 Å². The zero-order valence-corrected chi connectivity index (χ0v) is 8.64. The lowest BCUT2D eigenvalue weighted by atomic mass is 10.3. The lowest BCUT2D eigenvalue weighted by molar-refractivity contribution is -0.120. The molecule has 0 aromatic carbocycles. The number of hydrogen-bond acceptors (Lipinski definition) is 4. The molecule has 0 radical (unpaired) electrons. The lowest BCUT2D eigenvalue weighted by Crippen LogP contribution is -2.54. The van der Waals surface area contributed by atoms with Crippen molar-refractivity contribution < 1.29 is 13.2 Å². The molecule has 14 heavy (non-hydrogen) atoms. The molecule has 5 nitrogen and oxygen atoms in total. The SMILES string of the molecule is C=CCNCC(=O)NC1CS(=O)(=O)C1. The van der Waals surface area contributed by atoms with Gasteiger partial charge in [0.15, 0.2) is 9.84 Å². The number of carbonyl (C=O) groups is 1. The Hall–Kier alpha value is -0.880. The Morgan fingerprint density at radius 3 is 2.64 bits per heavy atom. The monoisotopic (exact) mass is 218 g/mol. The number of nitrogens with one attached hydrogen (secondary N) is 2. The third-order valence-electron chi connectivity index (χ3n) is 1.85. The number of rotatable bonds is 5. The third kappa shape index (κ3) is 3.47. The number of amides is 1. The number of carbonyl (C=O) groups excluding carboxylic acids is 1. The van der Waals surface area contributed by atoms with E-state index in [1.807, 2.05) is 0 Å². The second-order valence-electron chi connectivity index (χ2n) is 3.26. The topological polar surface area (TPSA) is 75.3 Å². The zero-order chi connectivity index (χ0) is 10.6. The first-order valence-corrected chi connectivity index (χ1v) is 6.17. The largest absolute Gasteiger partial charge is 0.350 e. The standard InChI is InChI=1S/C8H14N2O3S/c1-2-3-9-4-8(11)10-7-5-14(12,13)6-7/h2,7,9H,1,3-6H2,(H,10,11). The van der Waals surface area contributed by atoms with Crippen LogP contribution in [-0.2, 0) is 14.6 Å². The second-order valence-corrected chi connectivity index (χ2v) is 5.41. The quantitative estimate of drug-likeness (QED) is 0.443. The van der Waals surface area contributed by atoms with Crippen LogP contribution in [0.1, 0.15) is 0 Å². The molecule has 2 N–H and O–H groups in total. The molecule has 0 unspecified atom stereocenters. The van der Waals surface area contributed by atoms with Crippen LogP contribution in [0, 0.1) is 0 Å². The molecule has 0 bridgehead atoms. The summed E-state index contributed by atoms with van der Waals surface area (Å²) in [6.07, 6.45) is 1.65. The smallest absolute Gasteiger partial charge is 0.234 e. The van der Waals surface area contributed by atoms with Gasteiger partial charge in [-0.25, -0.2) is 8.42 Å². The van der Waals surface area contributed by atoms with Crippen LogP contribution >= 0.6 is 0 Å². The van der Waals surface area contributed by atoms with Crippen LogP contribution in [0.3, 0.4) is 0 Å². The lowest BCUT2D eigenvalue weighted by Gasteiger charge is -2.26. The van der Waals surface area contributed by atoms with Crippen LogP contribution in [0.15, 0.2) is 12.7 Å². The van der Waals surface area contributed by atoms with Gasteiger partial charge in [-0.05, 0) is 0 Å². The van der Waals surface area contributed by atoms with Crippen LogP contribution in [0.4, 0.5) is 0 Å². The first-order valence-electron chi connectivity index (χ1n) is 4.35. The highest BCUT2D eigenvalue weighted by Gasteiger charge is 2.33. The van der Waals surface area contributed by atoms with E-state index < -0.39 is 9.84 Å². The molecular formula is C8H14N2O3S. The second kappa shape index (κ2) is 4.56. The van der Waals surface area contributed by atoms with Gasteiger partial charge in [-0.15, -0.1) is 6.58 Å². The molecule has 1 aliphatic rings. The Kier molecular flexibility index (Phi) is 3.65. The van der Waals surface area contributed by atoms with Crippen molar-refractivity contribution in [2.45, 2.75) is 6.04 Å². The Morgan fingerprint density at radius 1 is 1.50 bits per heavy atom. The molecule has 0 aromatic rings. The van der Waals surface area contributed by atoms with Gasteiger partial charge in [0.1, 0.15) is 0 Å². The van der Waals surface area contributed by atoms with E-state index in [1.54, 1.807) is 6.08 Å². The fourth-order valence-corrected chi connectivity index (χ4v) is 2.51. The summed E-state index contributed by atoms with van der Waals surface area (Å²) in [5.41, 5.74) is 0. The van der Waals surface area contributed by atoms with Gasteiger partial charge >= 0.3 is 0 Å². The van der Waals surface area contributed by atoms with Gasteiger partial charge in [0.2, 0.25) is 5.91 Å². The molecule has 1 aliphatic heterocycles. The van der Waals surface area contributed by atoms with Crippen molar-refractivity contribution in [2.75, 3.05) is 24.6 Å². The van der Waals surface area contributed by atoms with E-state index in [2.05, 4.69) is 17.2 Å². The molecule has 80 valence electrons. The minimum Gasteiger partial charge on any atom is -0.350 e. The van der Waals surface area contributed by atoms with Gasteiger partial charge in [0, 0.05) is 6.54 Å². The van der Waals surface area contributed by atoms with Gasteiger partial charge in [-0.2, -0.15) is 0 Å². The van der Waals surface area contributed by atoms with Crippen molar-refractivity contribution >= 4 is 15.7 Å². The van der Waals surface area contributed by atoms with Crippen LogP contribution in [-0.4, -0.2) is 45.0 Å². The average Bonchev–Trinajstić information content (AvgIpc) is 2.01. The maximum absolute atomic E-state index is 11.1. The van der Waals surface area contributed by atoms with Crippen molar-refractivity contribution in [2.24, 2.45) is 0 Å². The molecule has 0 saturated carbocycles. The average molecular weight is 218 g/mol. The fourth-order valence-electron chi connectivity index (χ4n) is 1.21. The van der Waals surface area contributed by atoms with Gasteiger partial charge in [0.25, 0.3) is 0 Å². The first-order chi connectivity index (χ1) is 6.53. The molecule has 1 saturated heterocycles. The van der Waals surface area contributed by atoms with E-state index in [1.165, 1.54) is 0 Å². The Balaban J connectivity index is 2.13. The summed E-state index contributed by atoms with van der Waals surface area (Å²) in [6.45, 7) is 4.25. The summed E-state index contributed by atoms with van der Waals surface area (Å²) in [4.78, 5) is 11.1. The predicted octanol–water partition coefficient (Wildman–Crippen LogP) is -1.32. The van der Waals surface area contributed by atoms with E-state index >= 15 is 0 Å². The minimum atomic E-state index is -2.85. The van der Waals surface area contributed by atoms with Crippen LogP contribution in [0.25, 0.3) is 0 Å². The van der Waals surface area contributed by atoms with E-state index in [4.69, 9.17) is 0 Å². The van der Waals surface area contributed by atoms with E-state index in [-0.39, 0.29) is 30.0 Å².